The van der Waals surface area contributed by atoms with Gasteiger partial charge < -0.3 is 10.4 Å². The lowest BCUT2D eigenvalue weighted by molar-refractivity contribution is 0.192. The lowest BCUT2D eigenvalue weighted by Crippen LogP contribution is -2.12. The number of nitrogens with one attached hydrogen (secondary N) is 1. The minimum atomic E-state index is -0.510. The van der Waals surface area contributed by atoms with Gasteiger partial charge in [0, 0.05) is 12.7 Å². The van der Waals surface area contributed by atoms with Gasteiger partial charge in [0.2, 0.25) is 0 Å². The van der Waals surface area contributed by atoms with Crippen LogP contribution in [0.4, 0.5) is 5.82 Å². The number of nitrogens with zero attached hydrogens (tertiary/aromatic N) is 1. The summed E-state index contributed by atoms with van der Waals surface area (Å²) in [7, 11) is 0. The first-order chi connectivity index (χ1) is 7.75. The van der Waals surface area contributed by atoms with Gasteiger partial charge in [-0.05, 0) is 34.5 Å². The van der Waals surface area contributed by atoms with Crippen molar-refractivity contribution < 1.29 is 5.11 Å². The molecule has 0 amide bonds. The summed E-state index contributed by atoms with van der Waals surface area (Å²) in [6, 6.07) is 5.45. The molecule has 0 saturated heterocycles. The molecule has 16 heavy (non-hydrogen) atoms. The largest absolute Gasteiger partial charge is 0.387 e. The molecule has 0 spiro atoms. The third-order valence-electron chi connectivity index (χ3n) is 2.13. The van der Waals surface area contributed by atoms with Crippen LogP contribution in [-0.2, 0) is 0 Å². The summed E-state index contributed by atoms with van der Waals surface area (Å²) in [6.07, 6.45) is 1.06. The summed E-state index contributed by atoms with van der Waals surface area (Å²) >= 11 is 7.29. The summed E-state index contributed by atoms with van der Waals surface area (Å²) in [5, 5.41) is 17.3. The molecule has 2 aromatic rings. The smallest absolute Gasteiger partial charge is 0.126 e. The van der Waals surface area contributed by atoms with Crippen molar-refractivity contribution in [2.75, 3.05) is 11.9 Å². The molecule has 1 atom stereocenters. The molecule has 0 bridgehead atoms. The highest BCUT2D eigenvalue weighted by Crippen LogP contribution is 2.17. The molecular formula is C11H11ClN2OS. The third-order valence-corrected chi connectivity index (χ3v) is 3.06. The second-order valence-corrected chi connectivity index (χ2v) is 4.53. The van der Waals surface area contributed by atoms with Gasteiger partial charge in [-0.3, -0.25) is 0 Å². The number of pyridine rings is 1. The van der Waals surface area contributed by atoms with Gasteiger partial charge in [0.1, 0.15) is 5.82 Å². The van der Waals surface area contributed by atoms with Crippen LogP contribution in [0.3, 0.4) is 0 Å². The van der Waals surface area contributed by atoms with Crippen molar-refractivity contribution in [3.8, 4) is 0 Å². The normalized spacial score (nSPS) is 12.4. The van der Waals surface area contributed by atoms with Crippen LogP contribution in [0, 0.1) is 0 Å². The fourth-order valence-electron chi connectivity index (χ4n) is 1.26. The van der Waals surface area contributed by atoms with Gasteiger partial charge in [-0.25, -0.2) is 4.98 Å². The van der Waals surface area contributed by atoms with E-state index in [1.807, 2.05) is 16.8 Å². The van der Waals surface area contributed by atoms with E-state index in [1.54, 1.807) is 29.7 Å². The Balaban J connectivity index is 1.90. The zero-order valence-corrected chi connectivity index (χ0v) is 10.0. The van der Waals surface area contributed by atoms with E-state index in [0.717, 1.165) is 5.56 Å². The number of hydrogen-bond acceptors (Lipinski definition) is 4. The molecule has 0 aliphatic rings. The quantitative estimate of drug-likeness (QED) is 0.882. The Morgan fingerprint density at radius 2 is 2.31 bits per heavy atom. The summed E-state index contributed by atoms with van der Waals surface area (Å²) in [4.78, 5) is 4.08. The van der Waals surface area contributed by atoms with E-state index in [1.165, 1.54) is 0 Å². The summed E-state index contributed by atoms with van der Waals surface area (Å²) in [5.74, 6) is 0.707. The van der Waals surface area contributed by atoms with Crippen molar-refractivity contribution >= 4 is 28.8 Å². The first kappa shape index (κ1) is 11.4. The highest BCUT2D eigenvalue weighted by atomic mass is 35.5. The maximum Gasteiger partial charge on any atom is 0.126 e. The fourth-order valence-corrected chi connectivity index (χ4v) is 2.08. The van der Waals surface area contributed by atoms with Crippen molar-refractivity contribution in [2.24, 2.45) is 0 Å². The molecule has 0 aliphatic carbocycles. The molecule has 2 rings (SSSR count). The number of anilines is 1. The zero-order chi connectivity index (χ0) is 11.4. The minimum Gasteiger partial charge on any atom is -0.387 e. The van der Waals surface area contributed by atoms with E-state index in [0.29, 0.717) is 17.4 Å². The summed E-state index contributed by atoms with van der Waals surface area (Å²) in [5.41, 5.74) is 0.923. The Hall–Kier alpha value is -1.10. The van der Waals surface area contributed by atoms with Gasteiger partial charge in [-0.1, -0.05) is 11.6 Å². The second kappa shape index (κ2) is 5.30. The Kier molecular flexibility index (Phi) is 3.77. The van der Waals surface area contributed by atoms with Gasteiger partial charge in [-0.2, -0.15) is 11.3 Å². The van der Waals surface area contributed by atoms with Crippen molar-refractivity contribution in [3.05, 3.63) is 45.7 Å². The van der Waals surface area contributed by atoms with E-state index < -0.39 is 6.10 Å². The van der Waals surface area contributed by atoms with Crippen LogP contribution in [0.1, 0.15) is 11.7 Å². The fraction of sp³-hybridized carbons (Fsp3) is 0.182. The van der Waals surface area contributed by atoms with Gasteiger partial charge >= 0.3 is 0 Å². The molecule has 2 heterocycles. The Morgan fingerprint density at radius 3 is 2.94 bits per heavy atom. The average molecular weight is 255 g/mol. The molecule has 2 N–H and O–H groups in total. The van der Waals surface area contributed by atoms with E-state index in [-0.39, 0.29) is 0 Å². The van der Waals surface area contributed by atoms with Crippen molar-refractivity contribution in [2.45, 2.75) is 6.10 Å². The van der Waals surface area contributed by atoms with Crippen molar-refractivity contribution in [1.82, 2.24) is 4.98 Å². The Morgan fingerprint density at radius 1 is 1.44 bits per heavy atom. The Labute approximate surface area is 103 Å². The summed E-state index contributed by atoms with van der Waals surface area (Å²) in [6.45, 7) is 0.436. The van der Waals surface area contributed by atoms with Crippen molar-refractivity contribution in [1.29, 1.82) is 0 Å². The number of rotatable bonds is 4. The lowest BCUT2D eigenvalue weighted by Gasteiger charge is -2.10. The van der Waals surface area contributed by atoms with E-state index in [9.17, 15) is 5.11 Å². The Bertz CT molecular complexity index is 430. The van der Waals surface area contributed by atoms with Gasteiger partial charge in [0.15, 0.2) is 0 Å². The predicted octanol–water partition coefficient (Wildman–Crippen LogP) is 2.94. The molecule has 0 saturated carbocycles. The standard InChI is InChI=1S/C11H11ClN2OS/c12-9-1-2-11(13-5-9)14-6-10(15)8-3-4-16-7-8/h1-5,7,10,15H,6H2,(H,13,14). The second-order valence-electron chi connectivity index (χ2n) is 3.32. The molecule has 2 aromatic heterocycles. The van der Waals surface area contributed by atoms with Gasteiger partial charge in [0.05, 0.1) is 11.1 Å². The third kappa shape index (κ3) is 2.95. The molecule has 84 valence electrons. The number of thiophene rings is 1. The molecular weight excluding hydrogens is 244 g/mol. The number of aromatic nitrogens is 1. The monoisotopic (exact) mass is 254 g/mol. The molecule has 3 nitrogen and oxygen atoms in total. The highest BCUT2D eigenvalue weighted by Gasteiger charge is 2.07. The van der Waals surface area contributed by atoms with E-state index >= 15 is 0 Å². The zero-order valence-electron chi connectivity index (χ0n) is 8.43. The molecule has 0 aliphatic heterocycles. The number of aliphatic hydroxyl groups is 1. The van der Waals surface area contributed by atoms with E-state index in [4.69, 9.17) is 11.6 Å². The topological polar surface area (TPSA) is 45.1 Å². The maximum atomic E-state index is 9.82. The number of halogens is 1. The average Bonchev–Trinajstić information content (AvgIpc) is 2.81. The molecule has 0 radical (unpaired) electrons. The van der Waals surface area contributed by atoms with E-state index in [2.05, 4.69) is 10.3 Å². The van der Waals surface area contributed by atoms with Crippen LogP contribution < -0.4 is 5.32 Å². The molecule has 5 heteroatoms. The highest BCUT2D eigenvalue weighted by molar-refractivity contribution is 7.07. The van der Waals surface area contributed by atoms with Crippen LogP contribution in [0.2, 0.25) is 5.02 Å². The molecule has 0 aromatic carbocycles. The lowest BCUT2D eigenvalue weighted by atomic mass is 10.2. The maximum absolute atomic E-state index is 9.82. The molecule has 0 fully saturated rings. The number of hydrogen-bond donors (Lipinski definition) is 2. The van der Waals surface area contributed by atoms with Crippen LogP contribution in [0.5, 0.6) is 0 Å². The van der Waals surface area contributed by atoms with Gasteiger partial charge in [-0.15, -0.1) is 0 Å². The number of aliphatic hydroxyl groups excluding tert-OH is 1. The molecule has 1 unspecified atom stereocenters. The van der Waals surface area contributed by atoms with Gasteiger partial charge in [0.25, 0.3) is 0 Å². The first-order valence-corrected chi connectivity index (χ1v) is 6.13. The van der Waals surface area contributed by atoms with Crippen LogP contribution in [0.15, 0.2) is 35.2 Å². The van der Waals surface area contributed by atoms with Crippen molar-refractivity contribution in [3.63, 3.8) is 0 Å². The van der Waals surface area contributed by atoms with Crippen LogP contribution in [-0.4, -0.2) is 16.6 Å². The van der Waals surface area contributed by atoms with Crippen LogP contribution >= 0.6 is 22.9 Å². The minimum absolute atomic E-state index is 0.436. The SMILES string of the molecule is OC(CNc1ccc(Cl)cn1)c1ccsc1. The summed E-state index contributed by atoms with van der Waals surface area (Å²) < 4.78 is 0. The van der Waals surface area contributed by atoms with Crippen LogP contribution in [0.25, 0.3) is 0 Å². The predicted molar refractivity (Wildman–Crippen MR) is 67.0 cm³/mol. The first-order valence-electron chi connectivity index (χ1n) is 4.81.